The lowest BCUT2D eigenvalue weighted by molar-refractivity contribution is 0.183. The van der Waals surface area contributed by atoms with Crippen LogP contribution in [0.1, 0.15) is 26.7 Å². The van der Waals surface area contributed by atoms with Crippen molar-refractivity contribution < 1.29 is 5.11 Å². The summed E-state index contributed by atoms with van der Waals surface area (Å²) >= 11 is 0. The molecule has 1 N–H and O–H groups in total. The first-order chi connectivity index (χ1) is 7.65. The fourth-order valence-electron chi connectivity index (χ4n) is 4.18. The van der Waals surface area contributed by atoms with Crippen LogP contribution in [0.25, 0.3) is 0 Å². The summed E-state index contributed by atoms with van der Waals surface area (Å²) in [5.74, 6) is 1.68. The lowest BCUT2D eigenvalue weighted by Gasteiger charge is -2.33. The van der Waals surface area contributed by atoms with Crippen molar-refractivity contribution in [2.24, 2.45) is 17.3 Å². The number of fused-ring (bicyclic) bond motifs is 3. The van der Waals surface area contributed by atoms with E-state index < -0.39 is 0 Å². The summed E-state index contributed by atoms with van der Waals surface area (Å²) in [6, 6.07) is 0.722. The van der Waals surface area contributed by atoms with E-state index in [0.717, 1.165) is 6.04 Å². The highest BCUT2D eigenvalue weighted by molar-refractivity contribution is 5.27. The number of hydrogen-bond acceptors (Lipinski definition) is 2. The predicted molar refractivity (Wildman–Crippen MR) is 65.2 cm³/mol. The van der Waals surface area contributed by atoms with Crippen LogP contribution in [0.15, 0.2) is 24.0 Å². The van der Waals surface area contributed by atoms with Crippen LogP contribution in [0, 0.1) is 17.3 Å². The minimum Gasteiger partial charge on any atom is -0.508 e. The van der Waals surface area contributed by atoms with E-state index in [9.17, 15) is 5.11 Å². The van der Waals surface area contributed by atoms with Crippen molar-refractivity contribution in [2.45, 2.75) is 32.7 Å². The molecule has 88 valence electrons. The molecule has 0 bridgehead atoms. The molecule has 2 fully saturated rings. The molecule has 1 saturated carbocycles. The van der Waals surface area contributed by atoms with E-state index in [1.165, 1.54) is 25.9 Å². The first kappa shape index (κ1) is 10.4. The van der Waals surface area contributed by atoms with Crippen LogP contribution in [0.5, 0.6) is 0 Å². The SMILES string of the molecule is CCN1CCC2(C)C3C=C(O)C=CC3CC12. The van der Waals surface area contributed by atoms with Gasteiger partial charge in [0.1, 0.15) is 5.76 Å². The Balaban J connectivity index is 1.94. The molecule has 3 aliphatic rings. The fourth-order valence-corrected chi connectivity index (χ4v) is 4.18. The van der Waals surface area contributed by atoms with Gasteiger partial charge in [0.05, 0.1) is 0 Å². The van der Waals surface area contributed by atoms with Gasteiger partial charge < -0.3 is 10.0 Å². The Morgan fingerprint density at radius 1 is 1.56 bits per heavy atom. The van der Waals surface area contributed by atoms with Gasteiger partial charge in [-0.05, 0) is 55.3 Å². The second kappa shape index (κ2) is 3.36. The maximum Gasteiger partial charge on any atom is 0.111 e. The molecule has 0 aromatic heterocycles. The molecule has 2 aliphatic carbocycles. The summed E-state index contributed by atoms with van der Waals surface area (Å²) in [7, 11) is 0. The van der Waals surface area contributed by atoms with Crippen molar-refractivity contribution in [2.75, 3.05) is 13.1 Å². The van der Waals surface area contributed by atoms with Crippen molar-refractivity contribution in [3.8, 4) is 0 Å². The van der Waals surface area contributed by atoms with Crippen LogP contribution in [-0.4, -0.2) is 29.1 Å². The summed E-state index contributed by atoms with van der Waals surface area (Å²) < 4.78 is 0. The van der Waals surface area contributed by atoms with Gasteiger partial charge in [0.25, 0.3) is 0 Å². The molecule has 3 rings (SSSR count). The van der Waals surface area contributed by atoms with Gasteiger partial charge in [-0.15, -0.1) is 0 Å². The average molecular weight is 219 g/mol. The Labute approximate surface area is 97.6 Å². The van der Waals surface area contributed by atoms with Crippen molar-refractivity contribution in [1.82, 2.24) is 4.90 Å². The number of nitrogens with zero attached hydrogens (tertiary/aromatic N) is 1. The molecule has 0 aromatic rings. The van der Waals surface area contributed by atoms with Gasteiger partial charge in [-0.25, -0.2) is 0 Å². The summed E-state index contributed by atoms with van der Waals surface area (Å²) in [5.41, 5.74) is 0.388. The smallest absolute Gasteiger partial charge is 0.111 e. The summed E-state index contributed by atoms with van der Waals surface area (Å²) in [6.07, 6.45) is 8.75. The molecule has 0 spiro atoms. The third kappa shape index (κ3) is 1.22. The van der Waals surface area contributed by atoms with Gasteiger partial charge in [-0.1, -0.05) is 19.9 Å². The van der Waals surface area contributed by atoms with Crippen LogP contribution in [-0.2, 0) is 0 Å². The van der Waals surface area contributed by atoms with Crippen LogP contribution in [0.3, 0.4) is 0 Å². The van der Waals surface area contributed by atoms with E-state index in [4.69, 9.17) is 0 Å². The monoisotopic (exact) mass is 219 g/mol. The third-order valence-corrected chi connectivity index (χ3v) is 5.13. The first-order valence-electron chi connectivity index (χ1n) is 6.48. The molecule has 0 amide bonds. The van der Waals surface area contributed by atoms with Gasteiger partial charge in [0, 0.05) is 6.04 Å². The molecule has 16 heavy (non-hydrogen) atoms. The van der Waals surface area contributed by atoms with E-state index >= 15 is 0 Å². The molecule has 2 heteroatoms. The van der Waals surface area contributed by atoms with Crippen molar-refractivity contribution in [3.05, 3.63) is 24.0 Å². The normalized spacial score (nSPS) is 46.6. The first-order valence-corrected chi connectivity index (χ1v) is 6.48. The second-order valence-corrected chi connectivity index (χ2v) is 5.78. The van der Waals surface area contributed by atoms with E-state index in [1.54, 1.807) is 0 Å². The van der Waals surface area contributed by atoms with E-state index in [0.29, 0.717) is 23.0 Å². The van der Waals surface area contributed by atoms with Gasteiger partial charge >= 0.3 is 0 Å². The highest BCUT2D eigenvalue weighted by atomic mass is 16.3. The highest BCUT2D eigenvalue weighted by Crippen LogP contribution is 2.56. The van der Waals surface area contributed by atoms with Gasteiger partial charge in [-0.3, -0.25) is 0 Å². The topological polar surface area (TPSA) is 23.5 Å². The summed E-state index contributed by atoms with van der Waals surface area (Å²) in [4.78, 5) is 2.62. The van der Waals surface area contributed by atoms with Crippen molar-refractivity contribution >= 4 is 0 Å². The van der Waals surface area contributed by atoms with Crippen LogP contribution in [0.2, 0.25) is 0 Å². The molecule has 1 saturated heterocycles. The molecule has 1 heterocycles. The van der Waals surface area contributed by atoms with Crippen molar-refractivity contribution in [3.63, 3.8) is 0 Å². The summed E-state index contributed by atoms with van der Waals surface area (Å²) in [5, 5.41) is 9.67. The number of aliphatic hydroxyl groups is 1. The quantitative estimate of drug-likeness (QED) is 0.733. The van der Waals surface area contributed by atoms with E-state index in [-0.39, 0.29) is 0 Å². The number of likely N-dealkylation sites (tertiary alicyclic amines) is 1. The van der Waals surface area contributed by atoms with E-state index in [2.05, 4.69) is 30.9 Å². The zero-order valence-corrected chi connectivity index (χ0v) is 10.2. The summed E-state index contributed by atoms with van der Waals surface area (Å²) in [6.45, 7) is 7.08. The number of hydrogen-bond donors (Lipinski definition) is 1. The minimum absolute atomic E-state index is 0.388. The molecule has 4 unspecified atom stereocenters. The van der Waals surface area contributed by atoms with Gasteiger partial charge in [0.2, 0.25) is 0 Å². The molecule has 2 nitrogen and oxygen atoms in total. The molecule has 1 aliphatic heterocycles. The Hall–Kier alpha value is -0.760. The Morgan fingerprint density at radius 3 is 3.12 bits per heavy atom. The second-order valence-electron chi connectivity index (χ2n) is 5.78. The number of aliphatic hydroxyl groups excluding tert-OH is 1. The Morgan fingerprint density at radius 2 is 2.38 bits per heavy atom. The average Bonchev–Trinajstić information content (AvgIpc) is 2.72. The van der Waals surface area contributed by atoms with Gasteiger partial charge in [0.15, 0.2) is 0 Å². The van der Waals surface area contributed by atoms with E-state index in [1.807, 2.05) is 6.08 Å². The zero-order valence-electron chi connectivity index (χ0n) is 10.2. The van der Waals surface area contributed by atoms with Crippen LogP contribution >= 0.6 is 0 Å². The largest absolute Gasteiger partial charge is 0.508 e. The number of allylic oxidation sites excluding steroid dienone is 3. The molecular weight excluding hydrogens is 198 g/mol. The highest BCUT2D eigenvalue weighted by Gasteiger charge is 2.55. The lowest BCUT2D eigenvalue weighted by atomic mass is 9.73. The molecular formula is C14H21NO. The maximum atomic E-state index is 9.67. The molecule has 0 radical (unpaired) electrons. The van der Waals surface area contributed by atoms with Crippen LogP contribution < -0.4 is 0 Å². The standard InChI is InChI=1S/C14H21NO/c1-3-15-7-6-14(2)12-9-11(16)5-4-10(12)8-13(14)15/h4-5,9-10,12-13,16H,3,6-8H2,1-2H3. The lowest BCUT2D eigenvalue weighted by Crippen LogP contribution is -2.35. The third-order valence-electron chi connectivity index (χ3n) is 5.13. The fraction of sp³-hybridized carbons (Fsp3) is 0.714. The molecule has 4 atom stereocenters. The zero-order chi connectivity index (χ0) is 11.3. The maximum absolute atomic E-state index is 9.67. The van der Waals surface area contributed by atoms with Crippen LogP contribution in [0.4, 0.5) is 0 Å². The molecule has 0 aromatic carbocycles. The van der Waals surface area contributed by atoms with Crippen molar-refractivity contribution in [1.29, 1.82) is 0 Å². The van der Waals surface area contributed by atoms with Gasteiger partial charge in [-0.2, -0.15) is 0 Å². The number of rotatable bonds is 1. The Kier molecular flexibility index (Phi) is 2.19. The Bertz CT molecular complexity index is 360. The predicted octanol–water partition coefficient (Wildman–Crippen LogP) is 2.73. The minimum atomic E-state index is 0.388.